The second-order valence-electron chi connectivity index (χ2n) is 3.57. The lowest BCUT2D eigenvalue weighted by Crippen LogP contribution is -2.36. The number of hydrogen-bond acceptors (Lipinski definition) is 2. The normalized spacial score (nSPS) is 14.3. The van der Waals surface area contributed by atoms with Gasteiger partial charge in [-0.05, 0) is 12.5 Å². The van der Waals surface area contributed by atoms with Crippen LogP contribution in [-0.2, 0) is 4.79 Å². The predicted octanol–water partition coefficient (Wildman–Crippen LogP) is 1.63. The summed E-state index contributed by atoms with van der Waals surface area (Å²) in [6.45, 7) is 3.59. The van der Waals surface area contributed by atoms with Gasteiger partial charge in [-0.15, -0.1) is 0 Å². The molecule has 0 spiro atoms. The summed E-state index contributed by atoms with van der Waals surface area (Å²) in [6, 6.07) is 9.06. The van der Waals surface area contributed by atoms with E-state index in [4.69, 9.17) is 0 Å². The largest absolute Gasteiger partial charge is 0.386 e. The van der Waals surface area contributed by atoms with Gasteiger partial charge in [0.05, 0.1) is 12.1 Å². The van der Waals surface area contributed by atoms with Crippen LogP contribution in [0.15, 0.2) is 30.3 Å². The molecule has 0 aliphatic heterocycles. The summed E-state index contributed by atoms with van der Waals surface area (Å²) in [5.74, 6) is -0.0440. The Labute approximate surface area is 90.1 Å². The Morgan fingerprint density at radius 3 is 2.53 bits per heavy atom. The number of aliphatic hydroxyl groups excluding tert-OH is 1. The zero-order valence-corrected chi connectivity index (χ0v) is 9.10. The molecule has 0 unspecified atom stereocenters. The average molecular weight is 207 g/mol. The number of benzene rings is 1. The maximum Gasteiger partial charge on any atom is 0.220 e. The topological polar surface area (TPSA) is 49.3 Å². The zero-order valence-electron chi connectivity index (χ0n) is 9.10. The van der Waals surface area contributed by atoms with Gasteiger partial charge in [0, 0.05) is 6.42 Å². The molecule has 15 heavy (non-hydrogen) atoms. The highest BCUT2D eigenvalue weighted by Gasteiger charge is 2.16. The van der Waals surface area contributed by atoms with E-state index in [9.17, 15) is 9.90 Å². The van der Waals surface area contributed by atoms with Crippen LogP contribution in [0.25, 0.3) is 0 Å². The molecule has 0 saturated heterocycles. The third kappa shape index (κ3) is 3.36. The Bertz CT molecular complexity index is 311. The smallest absolute Gasteiger partial charge is 0.220 e. The number of nitrogens with one attached hydrogen (secondary N) is 1. The van der Waals surface area contributed by atoms with Crippen molar-refractivity contribution in [1.29, 1.82) is 0 Å². The van der Waals surface area contributed by atoms with Crippen LogP contribution in [0.4, 0.5) is 0 Å². The van der Waals surface area contributed by atoms with E-state index in [0.29, 0.717) is 6.42 Å². The van der Waals surface area contributed by atoms with Crippen molar-refractivity contribution in [1.82, 2.24) is 5.32 Å². The van der Waals surface area contributed by atoms with Gasteiger partial charge in [-0.1, -0.05) is 37.3 Å². The minimum absolute atomic E-state index is 0.0440. The summed E-state index contributed by atoms with van der Waals surface area (Å²) in [6.07, 6.45) is -0.215. The molecule has 1 aromatic carbocycles. The van der Waals surface area contributed by atoms with Crippen LogP contribution in [0, 0.1) is 0 Å². The van der Waals surface area contributed by atoms with Crippen LogP contribution in [-0.4, -0.2) is 17.1 Å². The maximum absolute atomic E-state index is 11.1. The minimum Gasteiger partial charge on any atom is -0.386 e. The molecule has 1 amide bonds. The Kier molecular flexibility index (Phi) is 4.31. The highest BCUT2D eigenvalue weighted by molar-refractivity contribution is 5.75. The fourth-order valence-corrected chi connectivity index (χ4v) is 1.37. The third-order valence-electron chi connectivity index (χ3n) is 2.32. The monoisotopic (exact) mass is 207 g/mol. The molecule has 2 atom stereocenters. The molecule has 1 aromatic rings. The molecule has 2 N–H and O–H groups in total. The van der Waals surface area contributed by atoms with E-state index in [0.717, 1.165) is 5.56 Å². The van der Waals surface area contributed by atoms with Gasteiger partial charge in [-0.25, -0.2) is 0 Å². The van der Waals surface area contributed by atoms with Crippen LogP contribution in [0.3, 0.4) is 0 Å². The zero-order chi connectivity index (χ0) is 11.3. The van der Waals surface area contributed by atoms with E-state index in [1.54, 1.807) is 13.8 Å². The van der Waals surface area contributed by atoms with Gasteiger partial charge < -0.3 is 10.4 Å². The Balaban J connectivity index is 2.61. The number of aliphatic hydroxyl groups is 1. The van der Waals surface area contributed by atoms with Gasteiger partial charge in [-0.2, -0.15) is 0 Å². The Morgan fingerprint density at radius 1 is 1.40 bits per heavy atom. The van der Waals surface area contributed by atoms with Gasteiger partial charge >= 0.3 is 0 Å². The lowest BCUT2D eigenvalue weighted by atomic mass is 10.0. The molecule has 3 nitrogen and oxygen atoms in total. The predicted molar refractivity (Wildman–Crippen MR) is 59.3 cm³/mol. The molecule has 0 saturated carbocycles. The summed E-state index contributed by atoms with van der Waals surface area (Å²) >= 11 is 0. The van der Waals surface area contributed by atoms with E-state index in [2.05, 4.69) is 5.32 Å². The lowest BCUT2D eigenvalue weighted by Gasteiger charge is -2.20. The van der Waals surface area contributed by atoms with Crippen molar-refractivity contribution < 1.29 is 9.90 Å². The highest BCUT2D eigenvalue weighted by Crippen LogP contribution is 2.15. The Morgan fingerprint density at radius 2 is 2.00 bits per heavy atom. The SMILES string of the molecule is CCC(=O)N[C@@H](C)[C@H](O)c1ccccc1. The third-order valence-corrected chi connectivity index (χ3v) is 2.32. The molecule has 0 aliphatic carbocycles. The van der Waals surface area contributed by atoms with Crippen molar-refractivity contribution in [3.63, 3.8) is 0 Å². The van der Waals surface area contributed by atoms with Crippen LogP contribution in [0.5, 0.6) is 0 Å². The number of hydrogen-bond donors (Lipinski definition) is 2. The highest BCUT2D eigenvalue weighted by atomic mass is 16.3. The Hall–Kier alpha value is -1.35. The van der Waals surface area contributed by atoms with Crippen molar-refractivity contribution in [2.45, 2.75) is 32.4 Å². The molecule has 0 fully saturated rings. The van der Waals surface area contributed by atoms with Crippen LogP contribution >= 0.6 is 0 Å². The fraction of sp³-hybridized carbons (Fsp3) is 0.417. The molecule has 0 radical (unpaired) electrons. The van der Waals surface area contributed by atoms with E-state index in [1.165, 1.54) is 0 Å². The molecule has 1 rings (SSSR count). The summed E-state index contributed by atoms with van der Waals surface area (Å²) in [4.78, 5) is 11.1. The molecule has 82 valence electrons. The van der Waals surface area contributed by atoms with Gasteiger partial charge in [0.25, 0.3) is 0 Å². The van der Waals surface area contributed by atoms with Crippen molar-refractivity contribution >= 4 is 5.91 Å². The minimum atomic E-state index is -0.651. The first-order chi connectivity index (χ1) is 7.15. The van der Waals surface area contributed by atoms with Crippen LogP contribution in [0.1, 0.15) is 31.9 Å². The summed E-state index contributed by atoms with van der Waals surface area (Å²) in [5.41, 5.74) is 0.821. The average Bonchev–Trinajstić information content (AvgIpc) is 2.29. The van der Waals surface area contributed by atoms with Crippen molar-refractivity contribution in [3.8, 4) is 0 Å². The number of carbonyl (C=O) groups excluding carboxylic acids is 1. The second-order valence-corrected chi connectivity index (χ2v) is 3.57. The molecule has 0 aromatic heterocycles. The molecule has 0 bridgehead atoms. The van der Waals surface area contributed by atoms with E-state index in [-0.39, 0.29) is 11.9 Å². The summed E-state index contributed by atoms with van der Waals surface area (Å²) in [5, 5.41) is 12.7. The van der Waals surface area contributed by atoms with Gasteiger partial charge in [-0.3, -0.25) is 4.79 Å². The molecule has 0 aliphatic rings. The first-order valence-corrected chi connectivity index (χ1v) is 5.17. The first-order valence-electron chi connectivity index (χ1n) is 5.17. The van der Waals surface area contributed by atoms with Crippen molar-refractivity contribution in [2.24, 2.45) is 0 Å². The quantitative estimate of drug-likeness (QED) is 0.788. The van der Waals surface area contributed by atoms with Gasteiger partial charge in [0.1, 0.15) is 0 Å². The second kappa shape index (κ2) is 5.51. The van der Waals surface area contributed by atoms with Crippen LogP contribution in [0.2, 0.25) is 0 Å². The van der Waals surface area contributed by atoms with Crippen LogP contribution < -0.4 is 5.32 Å². The first kappa shape index (κ1) is 11.7. The summed E-state index contributed by atoms with van der Waals surface area (Å²) < 4.78 is 0. The maximum atomic E-state index is 11.1. The van der Waals surface area contributed by atoms with E-state index >= 15 is 0 Å². The van der Waals surface area contributed by atoms with E-state index < -0.39 is 6.10 Å². The molecule has 3 heteroatoms. The number of carbonyl (C=O) groups is 1. The molecule has 0 heterocycles. The standard InChI is InChI=1S/C12H17NO2/c1-3-11(14)13-9(2)12(15)10-7-5-4-6-8-10/h4-9,12,15H,3H2,1-2H3,(H,13,14)/t9-,12-/m0/s1. The number of amides is 1. The fourth-order valence-electron chi connectivity index (χ4n) is 1.37. The van der Waals surface area contributed by atoms with Crippen molar-refractivity contribution in [3.05, 3.63) is 35.9 Å². The van der Waals surface area contributed by atoms with E-state index in [1.807, 2.05) is 30.3 Å². The molecular weight excluding hydrogens is 190 g/mol. The molecular formula is C12H17NO2. The summed E-state index contributed by atoms with van der Waals surface area (Å²) in [7, 11) is 0. The van der Waals surface area contributed by atoms with Gasteiger partial charge in [0.2, 0.25) is 5.91 Å². The lowest BCUT2D eigenvalue weighted by molar-refractivity contribution is -0.122. The van der Waals surface area contributed by atoms with Gasteiger partial charge in [0.15, 0.2) is 0 Å². The number of rotatable bonds is 4. The van der Waals surface area contributed by atoms with Crippen molar-refractivity contribution in [2.75, 3.05) is 0 Å².